The monoisotopic (exact) mass is 415 g/mol. The van der Waals surface area contributed by atoms with E-state index in [4.69, 9.17) is 4.52 Å². The molecule has 8 heteroatoms. The molecule has 3 heterocycles. The van der Waals surface area contributed by atoms with Gasteiger partial charge in [0.15, 0.2) is 0 Å². The number of hydrogen-bond donors (Lipinski definition) is 0. The number of benzene rings is 1. The third-order valence-electron chi connectivity index (χ3n) is 5.64. The second kappa shape index (κ2) is 6.70. The molecule has 3 aromatic rings. The topological polar surface area (TPSA) is 76.3 Å². The van der Waals surface area contributed by atoms with Crippen LogP contribution in [0.3, 0.4) is 0 Å². The molecule has 0 spiro atoms. The normalized spacial score (nSPS) is 20.0. The summed E-state index contributed by atoms with van der Waals surface area (Å²) in [5.41, 5.74) is 2.53. The van der Waals surface area contributed by atoms with Crippen molar-refractivity contribution in [3.05, 3.63) is 47.2 Å². The zero-order chi connectivity index (χ0) is 19.3. The van der Waals surface area contributed by atoms with Crippen molar-refractivity contribution >= 4 is 27.0 Å². The third kappa shape index (κ3) is 2.86. The summed E-state index contributed by atoms with van der Waals surface area (Å²) in [6, 6.07) is 9.25. The average Bonchev–Trinajstić information content (AvgIpc) is 3.45. The lowest BCUT2D eigenvalue weighted by atomic mass is 10.1. The Bertz CT molecular complexity index is 1110. The van der Waals surface area contributed by atoms with E-state index in [2.05, 4.69) is 10.1 Å². The summed E-state index contributed by atoms with van der Waals surface area (Å²) in [4.78, 5) is 4.53. The lowest BCUT2D eigenvalue weighted by molar-refractivity contribution is 0.354. The van der Waals surface area contributed by atoms with E-state index in [1.165, 1.54) is 28.5 Å². The third-order valence-corrected chi connectivity index (χ3v) is 8.98. The van der Waals surface area contributed by atoms with Crippen LogP contribution in [-0.4, -0.2) is 24.6 Å². The van der Waals surface area contributed by atoms with E-state index in [0.29, 0.717) is 27.4 Å². The fourth-order valence-electron chi connectivity index (χ4n) is 4.26. The van der Waals surface area contributed by atoms with Gasteiger partial charge in [0.25, 0.3) is 10.0 Å². The predicted octanol–water partition coefficient (Wildman–Crippen LogP) is 4.60. The van der Waals surface area contributed by atoms with Crippen molar-refractivity contribution in [1.29, 1.82) is 0 Å². The molecule has 0 N–H and O–H groups in total. The SMILES string of the molecule is CC1Cc2ccccc2N1S(=O)(=O)c1cc(-c2noc(C3CCCC3)n2)cs1. The first-order chi connectivity index (χ1) is 13.5. The highest BCUT2D eigenvalue weighted by atomic mass is 32.2. The van der Waals surface area contributed by atoms with Crippen molar-refractivity contribution in [2.24, 2.45) is 0 Å². The summed E-state index contributed by atoms with van der Waals surface area (Å²) in [5.74, 6) is 1.48. The van der Waals surface area contributed by atoms with Gasteiger partial charge in [-0.25, -0.2) is 8.42 Å². The fraction of sp³-hybridized carbons (Fsp3) is 0.400. The van der Waals surface area contributed by atoms with Gasteiger partial charge in [-0.2, -0.15) is 4.98 Å². The van der Waals surface area contributed by atoms with Crippen LogP contribution in [0.15, 0.2) is 44.4 Å². The summed E-state index contributed by atoms with van der Waals surface area (Å²) < 4.78 is 34.0. The highest BCUT2D eigenvalue weighted by molar-refractivity contribution is 7.94. The Morgan fingerprint density at radius 2 is 2.00 bits per heavy atom. The maximum Gasteiger partial charge on any atom is 0.274 e. The van der Waals surface area contributed by atoms with Gasteiger partial charge >= 0.3 is 0 Å². The molecule has 1 fully saturated rings. The molecule has 1 aromatic carbocycles. The van der Waals surface area contributed by atoms with Crippen LogP contribution in [0, 0.1) is 0 Å². The van der Waals surface area contributed by atoms with E-state index in [0.717, 1.165) is 30.5 Å². The van der Waals surface area contributed by atoms with E-state index >= 15 is 0 Å². The molecule has 28 heavy (non-hydrogen) atoms. The van der Waals surface area contributed by atoms with E-state index in [1.807, 2.05) is 31.2 Å². The van der Waals surface area contributed by atoms with Gasteiger partial charge in [-0.15, -0.1) is 11.3 Å². The van der Waals surface area contributed by atoms with Crippen LogP contribution in [0.1, 0.15) is 50.0 Å². The number of nitrogens with zero attached hydrogens (tertiary/aromatic N) is 3. The lowest BCUT2D eigenvalue weighted by Gasteiger charge is -2.23. The van der Waals surface area contributed by atoms with Gasteiger partial charge in [0, 0.05) is 22.9 Å². The molecule has 5 rings (SSSR count). The second-order valence-electron chi connectivity index (χ2n) is 7.57. The van der Waals surface area contributed by atoms with Crippen molar-refractivity contribution in [2.45, 2.75) is 55.2 Å². The molecule has 1 aliphatic heterocycles. The molecule has 2 aromatic heterocycles. The van der Waals surface area contributed by atoms with Crippen LogP contribution in [0.5, 0.6) is 0 Å². The Morgan fingerprint density at radius 3 is 2.82 bits per heavy atom. The van der Waals surface area contributed by atoms with Crippen molar-refractivity contribution in [3.63, 3.8) is 0 Å². The first-order valence-electron chi connectivity index (χ1n) is 9.59. The Hall–Kier alpha value is -2.19. The summed E-state index contributed by atoms with van der Waals surface area (Å²) in [7, 11) is -3.63. The largest absolute Gasteiger partial charge is 0.339 e. The summed E-state index contributed by atoms with van der Waals surface area (Å²) in [5, 5.41) is 5.88. The fourth-order valence-corrected chi connectivity index (χ4v) is 7.20. The minimum absolute atomic E-state index is 0.105. The number of rotatable bonds is 4. The Labute approximate surface area is 168 Å². The molecular formula is C20H21N3O3S2. The van der Waals surface area contributed by atoms with Crippen LogP contribution < -0.4 is 4.31 Å². The van der Waals surface area contributed by atoms with Crippen LogP contribution in [0.25, 0.3) is 11.4 Å². The lowest BCUT2D eigenvalue weighted by Crippen LogP contribution is -2.35. The summed E-state index contributed by atoms with van der Waals surface area (Å²) in [6.45, 7) is 1.94. The van der Waals surface area contributed by atoms with Crippen LogP contribution in [-0.2, 0) is 16.4 Å². The van der Waals surface area contributed by atoms with E-state index in [-0.39, 0.29) is 6.04 Å². The number of anilines is 1. The van der Waals surface area contributed by atoms with E-state index in [1.54, 1.807) is 11.4 Å². The maximum atomic E-state index is 13.3. The minimum Gasteiger partial charge on any atom is -0.339 e. The van der Waals surface area contributed by atoms with Gasteiger partial charge in [0.2, 0.25) is 11.7 Å². The molecule has 6 nitrogen and oxygen atoms in total. The molecule has 1 saturated carbocycles. The molecule has 146 valence electrons. The number of hydrogen-bond acceptors (Lipinski definition) is 6. The summed E-state index contributed by atoms with van der Waals surface area (Å²) in [6.07, 6.45) is 5.27. The molecule has 0 bridgehead atoms. The standard InChI is InChI=1S/C20H21N3O3S2/c1-13-10-15-8-4-5-9-17(15)23(13)28(24,25)18-11-16(12-27-18)19-21-20(26-22-19)14-6-2-3-7-14/h4-5,8-9,11-14H,2-3,6-7,10H2,1H3. The number of aromatic nitrogens is 2. The second-order valence-corrected chi connectivity index (χ2v) is 10.5. The van der Waals surface area contributed by atoms with Gasteiger partial charge in [-0.3, -0.25) is 4.31 Å². The molecule has 0 saturated heterocycles. The first kappa shape index (κ1) is 17.9. The Morgan fingerprint density at radius 1 is 1.21 bits per heavy atom. The molecule has 1 aliphatic carbocycles. The zero-order valence-electron chi connectivity index (χ0n) is 15.5. The molecule has 1 unspecified atom stereocenters. The maximum absolute atomic E-state index is 13.3. The number of thiophene rings is 1. The van der Waals surface area contributed by atoms with Crippen LogP contribution in [0.4, 0.5) is 5.69 Å². The van der Waals surface area contributed by atoms with Crippen molar-refractivity contribution in [3.8, 4) is 11.4 Å². The van der Waals surface area contributed by atoms with Crippen LogP contribution >= 0.6 is 11.3 Å². The summed E-state index contributed by atoms with van der Waals surface area (Å²) >= 11 is 1.21. The van der Waals surface area contributed by atoms with Crippen molar-refractivity contribution in [1.82, 2.24) is 10.1 Å². The highest BCUT2D eigenvalue weighted by Gasteiger charge is 2.37. The smallest absolute Gasteiger partial charge is 0.274 e. The van der Waals surface area contributed by atoms with Crippen molar-refractivity contribution < 1.29 is 12.9 Å². The minimum atomic E-state index is -3.63. The van der Waals surface area contributed by atoms with Crippen LogP contribution in [0.2, 0.25) is 0 Å². The molecular weight excluding hydrogens is 394 g/mol. The van der Waals surface area contributed by atoms with Gasteiger partial charge in [-0.05, 0) is 43.9 Å². The van der Waals surface area contributed by atoms with Gasteiger partial charge in [-0.1, -0.05) is 36.2 Å². The average molecular weight is 416 g/mol. The quantitative estimate of drug-likeness (QED) is 0.623. The first-order valence-corrected chi connectivity index (χ1v) is 11.9. The van der Waals surface area contributed by atoms with E-state index in [9.17, 15) is 8.42 Å². The molecule has 0 radical (unpaired) electrons. The molecule has 2 aliphatic rings. The number of fused-ring (bicyclic) bond motifs is 1. The number of para-hydroxylation sites is 1. The van der Waals surface area contributed by atoms with E-state index < -0.39 is 10.0 Å². The molecule has 1 atom stereocenters. The van der Waals surface area contributed by atoms with Gasteiger partial charge < -0.3 is 4.52 Å². The van der Waals surface area contributed by atoms with Crippen molar-refractivity contribution in [2.75, 3.05) is 4.31 Å². The predicted molar refractivity (Wildman–Crippen MR) is 108 cm³/mol. The highest BCUT2D eigenvalue weighted by Crippen LogP contribution is 2.39. The zero-order valence-corrected chi connectivity index (χ0v) is 17.2. The Kier molecular flexibility index (Phi) is 4.28. The molecule has 0 amide bonds. The number of sulfonamides is 1. The Balaban J connectivity index is 1.46. The van der Waals surface area contributed by atoms with Gasteiger partial charge in [0.05, 0.1) is 5.69 Å². The van der Waals surface area contributed by atoms with Gasteiger partial charge in [0.1, 0.15) is 4.21 Å².